The van der Waals surface area contributed by atoms with Crippen molar-refractivity contribution in [2.75, 3.05) is 26.2 Å². The maximum atomic E-state index is 11.7. The molecule has 0 radical (unpaired) electrons. The number of hydrogen-bond acceptors (Lipinski definition) is 3. The van der Waals surface area contributed by atoms with Crippen LogP contribution in [0.25, 0.3) is 0 Å². The maximum Gasteiger partial charge on any atom is 0.339 e. The molecular formula is C13H19Cl2NO2. The Kier molecular flexibility index (Phi) is 8.81. The first-order chi connectivity index (χ1) is 8.19. The predicted octanol–water partition coefficient (Wildman–Crippen LogP) is 3.26. The van der Waals surface area contributed by atoms with Crippen LogP contribution in [0, 0.1) is 0 Å². The van der Waals surface area contributed by atoms with Crippen LogP contribution in [0.3, 0.4) is 0 Å². The molecule has 1 aromatic rings. The van der Waals surface area contributed by atoms with Crippen LogP contribution in [0.1, 0.15) is 24.2 Å². The number of nitrogens with zero attached hydrogens (tertiary/aromatic N) is 1. The summed E-state index contributed by atoms with van der Waals surface area (Å²) in [5.74, 6) is -0.359. The van der Waals surface area contributed by atoms with E-state index in [1.165, 1.54) is 0 Å². The second-order valence-corrected chi connectivity index (χ2v) is 4.05. The molecule has 102 valence electrons. The highest BCUT2D eigenvalue weighted by Gasteiger charge is 2.11. The zero-order chi connectivity index (χ0) is 12.7. The second kappa shape index (κ2) is 9.20. The van der Waals surface area contributed by atoms with E-state index >= 15 is 0 Å². The number of esters is 1. The first kappa shape index (κ1) is 17.2. The van der Waals surface area contributed by atoms with Gasteiger partial charge in [-0.3, -0.25) is 0 Å². The van der Waals surface area contributed by atoms with Crippen LogP contribution in [0.5, 0.6) is 0 Å². The van der Waals surface area contributed by atoms with E-state index in [0.29, 0.717) is 17.2 Å². The fourth-order valence-electron chi connectivity index (χ4n) is 1.51. The fourth-order valence-corrected chi connectivity index (χ4v) is 1.72. The van der Waals surface area contributed by atoms with Crippen LogP contribution in [-0.4, -0.2) is 37.1 Å². The molecule has 0 aliphatic carbocycles. The zero-order valence-electron chi connectivity index (χ0n) is 10.7. The van der Waals surface area contributed by atoms with Gasteiger partial charge >= 0.3 is 5.97 Å². The lowest BCUT2D eigenvalue weighted by atomic mass is 10.2. The van der Waals surface area contributed by atoms with E-state index < -0.39 is 0 Å². The fraction of sp³-hybridized carbons (Fsp3) is 0.462. The Bertz CT molecular complexity index is 368. The van der Waals surface area contributed by atoms with Crippen LogP contribution < -0.4 is 0 Å². The second-order valence-electron chi connectivity index (χ2n) is 3.64. The van der Waals surface area contributed by atoms with Gasteiger partial charge in [0, 0.05) is 6.54 Å². The molecule has 18 heavy (non-hydrogen) atoms. The van der Waals surface area contributed by atoms with E-state index in [1.54, 1.807) is 24.3 Å². The third-order valence-electron chi connectivity index (χ3n) is 2.63. The van der Waals surface area contributed by atoms with E-state index in [2.05, 4.69) is 18.7 Å². The van der Waals surface area contributed by atoms with Crippen molar-refractivity contribution in [3.63, 3.8) is 0 Å². The lowest BCUT2D eigenvalue weighted by molar-refractivity contribution is 0.0466. The minimum absolute atomic E-state index is 0. The minimum Gasteiger partial charge on any atom is -0.461 e. The standard InChI is InChI=1S/C13H18ClNO2.ClH/c1-3-15(4-2)9-10-17-13(16)11-7-5-6-8-12(11)14;/h5-8H,3-4,9-10H2,1-2H3;1H. The summed E-state index contributed by atoms with van der Waals surface area (Å²) in [6.45, 7) is 7.23. The van der Waals surface area contributed by atoms with Crippen molar-refractivity contribution < 1.29 is 9.53 Å². The highest BCUT2D eigenvalue weighted by Crippen LogP contribution is 2.15. The van der Waals surface area contributed by atoms with Crippen molar-refractivity contribution in [3.8, 4) is 0 Å². The molecule has 0 saturated carbocycles. The molecule has 1 aromatic carbocycles. The summed E-state index contributed by atoms with van der Waals surface area (Å²) >= 11 is 5.90. The molecular weight excluding hydrogens is 273 g/mol. The number of carbonyl (C=O) groups excluding carboxylic acids is 1. The predicted molar refractivity (Wildman–Crippen MR) is 76.8 cm³/mol. The third kappa shape index (κ3) is 5.25. The molecule has 0 aliphatic heterocycles. The van der Waals surface area contributed by atoms with Crippen LogP contribution >= 0.6 is 24.0 Å². The van der Waals surface area contributed by atoms with Gasteiger partial charge in [0.05, 0.1) is 10.6 Å². The number of hydrogen-bond donors (Lipinski definition) is 0. The van der Waals surface area contributed by atoms with Crippen LogP contribution in [-0.2, 0) is 4.74 Å². The summed E-state index contributed by atoms with van der Waals surface area (Å²) in [4.78, 5) is 13.9. The molecule has 0 heterocycles. The lowest BCUT2D eigenvalue weighted by Crippen LogP contribution is -2.27. The molecule has 0 atom stereocenters. The number of benzene rings is 1. The molecule has 5 heteroatoms. The van der Waals surface area contributed by atoms with Gasteiger partial charge in [-0.1, -0.05) is 37.6 Å². The average Bonchev–Trinajstić information content (AvgIpc) is 2.35. The highest BCUT2D eigenvalue weighted by atomic mass is 35.5. The third-order valence-corrected chi connectivity index (χ3v) is 2.96. The Morgan fingerprint density at radius 1 is 1.28 bits per heavy atom. The zero-order valence-corrected chi connectivity index (χ0v) is 12.3. The molecule has 0 bridgehead atoms. The summed E-state index contributed by atoms with van der Waals surface area (Å²) < 4.78 is 5.18. The summed E-state index contributed by atoms with van der Waals surface area (Å²) in [7, 11) is 0. The Morgan fingerprint density at radius 3 is 2.44 bits per heavy atom. The monoisotopic (exact) mass is 291 g/mol. The van der Waals surface area contributed by atoms with Crippen molar-refractivity contribution in [2.24, 2.45) is 0 Å². The van der Waals surface area contributed by atoms with Gasteiger partial charge in [0.1, 0.15) is 6.61 Å². The van der Waals surface area contributed by atoms with Gasteiger partial charge in [-0.15, -0.1) is 12.4 Å². The molecule has 3 nitrogen and oxygen atoms in total. The van der Waals surface area contributed by atoms with Gasteiger partial charge in [0.15, 0.2) is 0 Å². The SMILES string of the molecule is CCN(CC)CCOC(=O)c1ccccc1Cl.Cl. The molecule has 0 aliphatic rings. The average molecular weight is 292 g/mol. The van der Waals surface area contributed by atoms with Crippen LogP contribution in [0.2, 0.25) is 5.02 Å². The number of carbonyl (C=O) groups is 1. The lowest BCUT2D eigenvalue weighted by Gasteiger charge is -2.17. The highest BCUT2D eigenvalue weighted by molar-refractivity contribution is 6.33. The van der Waals surface area contributed by atoms with E-state index in [4.69, 9.17) is 16.3 Å². The number of likely N-dealkylation sites (N-methyl/N-ethyl adjacent to an activating group) is 1. The minimum atomic E-state index is -0.359. The molecule has 0 fully saturated rings. The quantitative estimate of drug-likeness (QED) is 0.754. The summed E-state index contributed by atoms with van der Waals surface area (Å²) in [6, 6.07) is 6.91. The number of halogens is 2. The van der Waals surface area contributed by atoms with Gasteiger partial charge < -0.3 is 9.64 Å². The normalized spacial score (nSPS) is 10.0. The van der Waals surface area contributed by atoms with Crippen molar-refractivity contribution in [1.82, 2.24) is 4.90 Å². The molecule has 0 N–H and O–H groups in total. The van der Waals surface area contributed by atoms with Crippen molar-refractivity contribution in [3.05, 3.63) is 34.9 Å². The largest absolute Gasteiger partial charge is 0.461 e. The van der Waals surface area contributed by atoms with Gasteiger partial charge in [-0.05, 0) is 25.2 Å². The van der Waals surface area contributed by atoms with E-state index in [1.807, 2.05) is 0 Å². The summed E-state index contributed by atoms with van der Waals surface area (Å²) in [5, 5.41) is 0.431. The van der Waals surface area contributed by atoms with Crippen LogP contribution in [0.4, 0.5) is 0 Å². The Hall–Kier alpha value is -0.770. The summed E-state index contributed by atoms with van der Waals surface area (Å²) in [6.07, 6.45) is 0. The molecule has 0 saturated heterocycles. The van der Waals surface area contributed by atoms with Gasteiger partial charge in [-0.25, -0.2) is 4.79 Å². The van der Waals surface area contributed by atoms with E-state index in [9.17, 15) is 4.79 Å². The molecule has 0 spiro atoms. The smallest absolute Gasteiger partial charge is 0.339 e. The van der Waals surface area contributed by atoms with E-state index in [-0.39, 0.29) is 18.4 Å². The molecule has 0 aromatic heterocycles. The Labute approximate surface area is 119 Å². The number of rotatable bonds is 6. The van der Waals surface area contributed by atoms with Crippen LogP contribution in [0.15, 0.2) is 24.3 Å². The molecule has 0 amide bonds. The maximum absolute atomic E-state index is 11.7. The van der Waals surface area contributed by atoms with Crippen molar-refractivity contribution in [1.29, 1.82) is 0 Å². The number of ether oxygens (including phenoxy) is 1. The Balaban J connectivity index is 0.00000289. The van der Waals surface area contributed by atoms with Crippen molar-refractivity contribution >= 4 is 30.0 Å². The summed E-state index contributed by atoms with van der Waals surface area (Å²) in [5.41, 5.74) is 0.425. The van der Waals surface area contributed by atoms with Crippen molar-refractivity contribution in [2.45, 2.75) is 13.8 Å². The van der Waals surface area contributed by atoms with Gasteiger partial charge in [-0.2, -0.15) is 0 Å². The first-order valence-corrected chi connectivity index (χ1v) is 6.20. The van der Waals surface area contributed by atoms with E-state index in [0.717, 1.165) is 19.6 Å². The van der Waals surface area contributed by atoms with Gasteiger partial charge in [0.2, 0.25) is 0 Å². The Morgan fingerprint density at radius 2 is 1.89 bits per heavy atom. The van der Waals surface area contributed by atoms with Gasteiger partial charge in [0.25, 0.3) is 0 Å². The first-order valence-electron chi connectivity index (χ1n) is 5.83. The molecule has 0 unspecified atom stereocenters. The molecule has 1 rings (SSSR count). The topological polar surface area (TPSA) is 29.5 Å².